The van der Waals surface area contributed by atoms with E-state index in [1.165, 1.54) is 6.42 Å². The van der Waals surface area contributed by atoms with Crippen molar-refractivity contribution in [3.8, 4) is 5.75 Å². The minimum absolute atomic E-state index is 0.105. The van der Waals surface area contributed by atoms with Crippen molar-refractivity contribution in [1.82, 2.24) is 15.2 Å². The van der Waals surface area contributed by atoms with Crippen LogP contribution in [0.4, 0.5) is 0 Å². The van der Waals surface area contributed by atoms with Crippen LogP contribution in [-0.4, -0.2) is 54.7 Å². The number of hydrogen-bond acceptors (Lipinski definition) is 5. The maximum Gasteiger partial charge on any atom is 0.251 e. The predicted molar refractivity (Wildman–Crippen MR) is 111 cm³/mol. The van der Waals surface area contributed by atoms with Crippen LogP contribution in [0.25, 0.3) is 0 Å². The molecule has 1 aromatic heterocycles. The molecule has 0 unspecified atom stereocenters. The third kappa shape index (κ3) is 5.78. The maximum atomic E-state index is 12.3. The first-order valence-corrected chi connectivity index (χ1v) is 10.5. The summed E-state index contributed by atoms with van der Waals surface area (Å²) in [5.41, 5.74) is 1.47. The molecule has 6 heteroatoms. The van der Waals surface area contributed by atoms with E-state index in [1.807, 2.05) is 42.5 Å². The minimum atomic E-state index is -0.105. The molecule has 0 bridgehead atoms. The van der Waals surface area contributed by atoms with Crippen molar-refractivity contribution in [2.75, 3.05) is 32.8 Å². The molecule has 29 heavy (non-hydrogen) atoms. The lowest BCUT2D eigenvalue weighted by molar-refractivity contribution is 0.0880. The van der Waals surface area contributed by atoms with Gasteiger partial charge in [-0.05, 0) is 61.6 Å². The van der Waals surface area contributed by atoms with Crippen LogP contribution >= 0.6 is 0 Å². The number of pyridine rings is 1. The fraction of sp³-hybridized carbons (Fsp3) is 0.478. The number of ether oxygens (including phenoxy) is 2. The lowest BCUT2D eigenvalue weighted by atomic mass is 10.0. The van der Waals surface area contributed by atoms with Gasteiger partial charge in [0.1, 0.15) is 11.9 Å². The first kappa shape index (κ1) is 19.9. The average molecular weight is 396 g/mol. The van der Waals surface area contributed by atoms with Gasteiger partial charge in [-0.3, -0.25) is 9.78 Å². The first-order chi connectivity index (χ1) is 14.3. The van der Waals surface area contributed by atoms with E-state index >= 15 is 0 Å². The zero-order valence-corrected chi connectivity index (χ0v) is 16.8. The Bertz CT molecular complexity index is 768. The molecular formula is C23H29N3O3. The number of rotatable bonds is 7. The number of piperidine rings is 1. The molecule has 0 spiro atoms. The molecule has 1 amide bonds. The van der Waals surface area contributed by atoms with Gasteiger partial charge < -0.3 is 19.7 Å². The Labute approximate surface area is 172 Å². The van der Waals surface area contributed by atoms with Gasteiger partial charge in [0.15, 0.2) is 0 Å². The van der Waals surface area contributed by atoms with Gasteiger partial charge in [0.2, 0.25) is 0 Å². The number of carbonyl (C=O) groups excluding carboxylic acids is 1. The fourth-order valence-corrected chi connectivity index (χ4v) is 3.96. The Morgan fingerprint density at radius 3 is 2.66 bits per heavy atom. The highest BCUT2D eigenvalue weighted by Gasteiger charge is 2.24. The highest BCUT2D eigenvalue weighted by molar-refractivity contribution is 5.94. The third-order valence-electron chi connectivity index (χ3n) is 5.65. The van der Waals surface area contributed by atoms with Crippen molar-refractivity contribution in [1.29, 1.82) is 0 Å². The number of hydrogen-bond donors (Lipinski definition) is 1. The van der Waals surface area contributed by atoms with Crippen molar-refractivity contribution in [3.05, 3.63) is 59.9 Å². The lowest BCUT2D eigenvalue weighted by Gasteiger charge is -2.33. The number of amides is 1. The van der Waals surface area contributed by atoms with Gasteiger partial charge in [0.05, 0.1) is 18.8 Å². The summed E-state index contributed by atoms with van der Waals surface area (Å²) in [6.45, 7) is 5.56. The van der Waals surface area contributed by atoms with Gasteiger partial charge in [-0.25, -0.2) is 0 Å². The molecule has 154 valence electrons. The summed E-state index contributed by atoms with van der Waals surface area (Å²) in [6, 6.07) is 13.1. The Balaban J connectivity index is 1.21. The largest absolute Gasteiger partial charge is 0.490 e. The predicted octanol–water partition coefficient (Wildman–Crippen LogP) is 2.89. The summed E-state index contributed by atoms with van der Waals surface area (Å²) in [7, 11) is 0. The minimum Gasteiger partial charge on any atom is -0.490 e. The van der Waals surface area contributed by atoms with E-state index in [0.717, 1.165) is 57.1 Å². The summed E-state index contributed by atoms with van der Waals surface area (Å²) in [5, 5.41) is 2.89. The van der Waals surface area contributed by atoms with E-state index < -0.39 is 0 Å². The van der Waals surface area contributed by atoms with Crippen LogP contribution in [0.2, 0.25) is 0 Å². The molecule has 0 aliphatic carbocycles. The molecule has 0 radical (unpaired) electrons. The highest BCUT2D eigenvalue weighted by Crippen LogP contribution is 2.22. The molecule has 2 aliphatic heterocycles. The van der Waals surface area contributed by atoms with Crippen molar-refractivity contribution in [3.63, 3.8) is 0 Å². The number of nitrogens with zero attached hydrogens (tertiary/aromatic N) is 2. The molecule has 1 N–H and O–H groups in total. The molecule has 2 aromatic rings. The van der Waals surface area contributed by atoms with E-state index in [4.69, 9.17) is 9.47 Å². The molecule has 2 aliphatic rings. The molecule has 6 nitrogen and oxygen atoms in total. The Hall–Kier alpha value is -2.44. The van der Waals surface area contributed by atoms with Crippen LogP contribution < -0.4 is 10.1 Å². The molecule has 1 atom stereocenters. The number of benzene rings is 1. The van der Waals surface area contributed by atoms with Gasteiger partial charge in [-0.1, -0.05) is 6.07 Å². The third-order valence-corrected chi connectivity index (χ3v) is 5.65. The number of carbonyl (C=O) groups is 1. The summed E-state index contributed by atoms with van der Waals surface area (Å²) in [5.74, 6) is 1.42. The zero-order chi connectivity index (χ0) is 19.9. The van der Waals surface area contributed by atoms with E-state index in [2.05, 4.69) is 15.2 Å². The van der Waals surface area contributed by atoms with Crippen LogP contribution in [-0.2, 0) is 11.3 Å². The Kier molecular flexibility index (Phi) is 6.75. The molecule has 3 heterocycles. The van der Waals surface area contributed by atoms with E-state index in [9.17, 15) is 4.79 Å². The highest BCUT2D eigenvalue weighted by atomic mass is 16.5. The van der Waals surface area contributed by atoms with Crippen LogP contribution in [0.1, 0.15) is 35.3 Å². The summed E-state index contributed by atoms with van der Waals surface area (Å²) < 4.78 is 11.6. The smallest absolute Gasteiger partial charge is 0.251 e. The second kappa shape index (κ2) is 9.85. The normalized spacial score (nSPS) is 20.5. The zero-order valence-electron chi connectivity index (χ0n) is 16.8. The van der Waals surface area contributed by atoms with Gasteiger partial charge in [0.25, 0.3) is 5.91 Å². The molecule has 4 rings (SSSR count). The summed E-state index contributed by atoms with van der Waals surface area (Å²) in [6.07, 6.45) is 5.24. The van der Waals surface area contributed by atoms with Crippen LogP contribution in [0, 0.1) is 5.92 Å². The molecule has 0 saturated carbocycles. The monoisotopic (exact) mass is 395 g/mol. The van der Waals surface area contributed by atoms with Gasteiger partial charge >= 0.3 is 0 Å². The molecule has 2 saturated heterocycles. The maximum absolute atomic E-state index is 12.3. The first-order valence-electron chi connectivity index (χ1n) is 10.5. The average Bonchev–Trinajstić information content (AvgIpc) is 3.28. The van der Waals surface area contributed by atoms with Crippen molar-refractivity contribution in [2.24, 2.45) is 5.92 Å². The standard InChI is InChI=1S/C23H29N3O3/c27-23(25-15-20-3-1-2-11-24-20)19-4-6-21(7-5-19)29-22-8-12-26(13-9-22)16-18-10-14-28-17-18/h1-7,11,18,22H,8-10,12-17H2,(H,25,27)/t18-/m0/s1. The van der Waals surface area contributed by atoms with Crippen molar-refractivity contribution >= 4 is 5.91 Å². The van der Waals surface area contributed by atoms with Crippen molar-refractivity contribution < 1.29 is 14.3 Å². The van der Waals surface area contributed by atoms with Gasteiger partial charge in [0, 0.05) is 38.0 Å². The van der Waals surface area contributed by atoms with Crippen LogP contribution in [0.15, 0.2) is 48.7 Å². The number of likely N-dealkylation sites (tertiary alicyclic amines) is 1. The van der Waals surface area contributed by atoms with Gasteiger partial charge in [-0.2, -0.15) is 0 Å². The van der Waals surface area contributed by atoms with E-state index in [-0.39, 0.29) is 12.0 Å². The van der Waals surface area contributed by atoms with Crippen molar-refractivity contribution in [2.45, 2.75) is 31.9 Å². The van der Waals surface area contributed by atoms with Crippen LogP contribution in [0.3, 0.4) is 0 Å². The fourth-order valence-electron chi connectivity index (χ4n) is 3.96. The van der Waals surface area contributed by atoms with E-state index in [1.54, 1.807) is 6.20 Å². The Morgan fingerprint density at radius 1 is 1.14 bits per heavy atom. The quantitative estimate of drug-likeness (QED) is 0.781. The second-order valence-corrected chi connectivity index (χ2v) is 7.88. The Morgan fingerprint density at radius 2 is 1.97 bits per heavy atom. The van der Waals surface area contributed by atoms with Gasteiger partial charge in [-0.15, -0.1) is 0 Å². The summed E-state index contributed by atoms with van der Waals surface area (Å²) in [4.78, 5) is 19.1. The number of nitrogens with one attached hydrogen (secondary N) is 1. The second-order valence-electron chi connectivity index (χ2n) is 7.88. The van der Waals surface area contributed by atoms with Crippen LogP contribution in [0.5, 0.6) is 5.75 Å². The van der Waals surface area contributed by atoms with E-state index in [0.29, 0.717) is 18.0 Å². The molecular weight excluding hydrogens is 366 g/mol. The number of aromatic nitrogens is 1. The lowest BCUT2D eigenvalue weighted by Crippen LogP contribution is -2.40. The topological polar surface area (TPSA) is 63.7 Å². The molecule has 2 fully saturated rings. The molecule has 1 aromatic carbocycles. The SMILES string of the molecule is O=C(NCc1ccccn1)c1ccc(OC2CCN(C[C@@H]3CCOC3)CC2)cc1. The summed E-state index contributed by atoms with van der Waals surface area (Å²) >= 11 is 0.